The fourth-order valence-corrected chi connectivity index (χ4v) is 2.27. The van der Waals surface area contributed by atoms with E-state index in [0.29, 0.717) is 18.0 Å². The van der Waals surface area contributed by atoms with Crippen LogP contribution in [-0.2, 0) is 4.79 Å². The van der Waals surface area contributed by atoms with E-state index in [9.17, 15) is 4.79 Å². The van der Waals surface area contributed by atoms with Gasteiger partial charge < -0.3 is 10.1 Å². The average Bonchev–Trinajstić information content (AvgIpc) is 2.50. The molecule has 1 unspecified atom stereocenters. The van der Waals surface area contributed by atoms with Crippen LogP contribution in [0, 0.1) is 0 Å². The third-order valence-electron chi connectivity index (χ3n) is 3.21. The Kier molecular flexibility index (Phi) is 5.49. The predicted molar refractivity (Wildman–Crippen MR) is 86.9 cm³/mol. The van der Waals surface area contributed by atoms with Gasteiger partial charge in [-0.3, -0.25) is 14.7 Å². The van der Waals surface area contributed by atoms with Crippen LogP contribution in [0.1, 0.15) is 18.5 Å². The minimum atomic E-state index is -0.414. The van der Waals surface area contributed by atoms with Crippen molar-refractivity contribution in [1.29, 1.82) is 0 Å². The normalized spacial score (nSPS) is 12.0. The van der Waals surface area contributed by atoms with Crippen LogP contribution in [0.2, 0.25) is 0 Å². The third-order valence-corrected chi connectivity index (χ3v) is 3.21. The first-order valence-electron chi connectivity index (χ1n) is 7.22. The summed E-state index contributed by atoms with van der Waals surface area (Å²) in [6, 6.07) is 10.7. The molecule has 0 bridgehead atoms. The number of para-hydroxylation sites is 2. The summed E-state index contributed by atoms with van der Waals surface area (Å²) in [6.07, 6.45) is 3.40. The molecule has 0 radical (unpaired) electrons. The highest BCUT2D eigenvalue weighted by molar-refractivity contribution is 5.96. The molecule has 1 heterocycles. The molecule has 1 amide bonds. The molecule has 0 spiro atoms. The van der Waals surface area contributed by atoms with Gasteiger partial charge in [0.1, 0.15) is 11.8 Å². The number of anilines is 1. The maximum absolute atomic E-state index is 12.7. The van der Waals surface area contributed by atoms with Gasteiger partial charge >= 0.3 is 0 Å². The summed E-state index contributed by atoms with van der Waals surface area (Å²) in [5.74, 6) is 0.548. The van der Waals surface area contributed by atoms with Crippen molar-refractivity contribution in [2.45, 2.75) is 13.0 Å². The maximum Gasteiger partial charge on any atom is 0.246 e. The van der Waals surface area contributed by atoms with Crippen molar-refractivity contribution in [1.82, 2.24) is 9.88 Å². The largest absolute Gasteiger partial charge is 0.492 e. The monoisotopic (exact) mass is 299 g/mol. The van der Waals surface area contributed by atoms with E-state index in [0.717, 1.165) is 5.56 Å². The summed E-state index contributed by atoms with van der Waals surface area (Å²) >= 11 is 0. The Hall–Kier alpha value is -2.40. The van der Waals surface area contributed by atoms with E-state index in [2.05, 4.69) is 10.3 Å². The Morgan fingerprint density at radius 2 is 2.05 bits per heavy atom. The number of benzene rings is 1. The van der Waals surface area contributed by atoms with Gasteiger partial charge in [0.15, 0.2) is 0 Å². The number of nitrogens with one attached hydrogen (secondary N) is 1. The molecule has 0 saturated carbocycles. The smallest absolute Gasteiger partial charge is 0.246 e. The number of rotatable bonds is 6. The highest BCUT2D eigenvalue weighted by atomic mass is 16.5. The number of ether oxygens (including phenoxy) is 1. The van der Waals surface area contributed by atoms with Crippen LogP contribution in [0.3, 0.4) is 0 Å². The molecular weight excluding hydrogens is 278 g/mol. The Bertz CT molecular complexity index is 614. The molecule has 0 aliphatic carbocycles. The molecule has 1 aromatic carbocycles. The molecule has 5 heteroatoms. The first-order valence-corrected chi connectivity index (χ1v) is 7.22. The predicted octanol–water partition coefficient (Wildman–Crippen LogP) is 2.72. The summed E-state index contributed by atoms with van der Waals surface area (Å²) in [5, 5.41) is 2.94. The molecule has 2 aromatic rings. The van der Waals surface area contributed by atoms with Crippen molar-refractivity contribution in [3.8, 4) is 5.75 Å². The number of nitrogens with zero attached hydrogens (tertiary/aromatic N) is 2. The first kappa shape index (κ1) is 16.0. The molecule has 5 nitrogen and oxygen atoms in total. The molecule has 0 saturated heterocycles. The lowest BCUT2D eigenvalue weighted by Gasteiger charge is -2.24. The van der Waals surface area contributed by atoms with Crippen LogP contribution in [0.25, 0.3) is 0 Å². The van der Waals surface area contributed by atoms with Crippen LogP contribution < -0.4 is 10.1 Å². The highest BCUT2D eigenvalue weighted by Crippen LogP contribution is 2.26. The Morgan fingerprint density at radius 3 is 2.68 bits per heavy atom. The van der Waals surface area contributed by atoms with E-state index in [1.165, 1.54) is 0 Å². The van der Waals surface area contributed by atoms with Crippen molar-refractivity contribution in [2.24, 2.45) is 0 Å². The lowest BCUT2D eigenvalue weighted by atomic mass is 10.1. The number of carbonyl (C=O) groups is 1. The van der Waals surface area contributed by atoms with E-state index >= 15 is 0 Å². The van der Waals surface area contributed by atoms with Gasteiger partial charge in [0, 0.05) is 12.4 Å². The molecular formula is C17H21N3O2. The van der Waals surface area contributed by atoms with Crippen molar-refractivity contribution < 1.29 is 9.53 Å². The summed E-state index contributed by atoms with van der Waals surface area (Å²) in [7, 11) is 3.73. The first-order chi connectivity index (χ1) is 10.6. The second-order valence-corrected chi connectivity index (χ2v) is 5.07. The molecule has 2 rings (SSSR count). The van der Waals surface area contributed by atoms with E-state index in [-0.39, 0.29) is 5.91 Å². The molecule has 0 fully saturated rings. The number of hydrogen-bond donors (Lipinski definition) is 1. The lowest BCUT2D eigenvalue weighted by molar-refractivity contribution is -0.120. The standard InChI is InChI=1S/C17H21N3O2/c1-4-22-15-10-6-5-9-14(15)19-17(21)16(20(2)3)13-8-7-11-18-12-13/h5-12,16H,4H2,1-3H3,(H,19,21). The van der Waals surface area contributed by atoms with Gasteiger partial charge in [0.05, 0.1) is 12.3 Å². The Balaban J connectivity index is 2.23. The van der Waals surface area contributed by atoms with E-state index in [1.807, 2.05) is 62.3 Å². The van der Waals surface area contributed by atoms with Gasteiger partial charge in [-0.25, -0.2) is 0 Å². The Labute approximate surface area is 130 Å². The summed E-state index contributed by atoms with van der Waals surface area (Å²) in [5.41, 5.74) is 1.52. The van der Waals surface area contributed by atoms with Crippen LogP contribution in [0.5, 0.6) is 5.75 Å². The number of amides is 1. The van der Waals surface area contributed by atoms with Gasteiger partial charge in [-0.15, -0.1) is 0 Å². The summed E-state index contributed by atoms with van der Waals surface area (Å²) < 4.78 is 5.54. The number of hydrogen-bond acceptors (Lipinski definition) is 4. The van der Waals surface area contributed by atoms with Crippen molar-refractivity contribution in [2.75, 3.05) is 26.0 Å². The van der Waals surface area contributed by atoms with Gasteiger partial charge in [0.25, 0.3) is 0 Å². The quantitative estimate of drug-likeness (QED) is 0.891. The Morgan fingerprint density at radius 1 is 1.27 bits per heavy atom. The van der Waals surface area contributed by atoms with E-state index in [4.69, 9.17) is 4.74 Å². The lowest BCUT2D eigenvalue weighted by Crippen LogP contribution is -2.32. The zero-order valence-corrected chi connectivity index (χ0v) is 13.1. The second kappa shape index (κ2) is 7.56. The fraction of sp³-hybridized carbons (Fsp3) is 0.294. The van der Waals surface area contributed by atoms with Gasteiger partial charge in [-0.1, -0.05) is 18.2 Å². The fourth-order valence-electron chi connectivity index (χ4n) is 2.27. The van der Waals surface area contributed by atoms with Crippen LogP contribution in [-0.4, -0.2) is 36.5 Å². The van der Waals surface area contributed by atoms with E-state index < -0.39 is 6.04 Å². The van der Waals surface area contributed by atoms with Gasteiger partial charge in [0.2, 0.25) is 5.91 Å². The molecule has 1 N–H and O–H groups in total. The number of pyridine rings is 1. The highest BCUT2D eigenvalue weighted by Gasteiger charge is 2.23. The maximum atomic E-state index is 12.7. The van der Waals surface area contributed by atoms with Crippen molar-refractivity contribution in [3.05, 3.63) is 54.4 Å². The molecule has 1 atom stereocenters. The summed E-state index contributed by atoms with van der Waals surface area (Å²) in [6.45, 7) is 2.46. The van der Waals surface area contributed by atoms with Crippen LogP contribution in [0.4, 0.5) is 5.69 Å². The number of carbonyl (C=O) groups excluding carboxylic acids is 1. The van der Waals surface area contributed by atoms with Crippen LogP contribution in [0.15, 0.2) is 48.8 Å². The molecule has 0 aliphatic rings. The minimum absolute atomic E-state index is 0.120. The molecule has 116 valence electrons. The van der Waals surface area contributed by atoms with Crippen molar-refractivity contribution >= 4 is 11.6 Å². The van der Waals surface area contributed by atoms with Gasteiger partial charge in [-0.05, 0) is 44.8 Å². The molecule has 0 aliphatic heterocycles. The third kappa shape index (κ3) is 3.83. The van der Waals surface area contributed by atoms with Crippen LogP contribution >= 0.6 is 0 Å². The number of aromatic nitrogens is 1. The number of likely N-dealkylation sites (N-methyl/N-ethyl adjacent to an activating group) is 1. The van der Waals surface area contributed by atoms with E-state index in [1.54, 1.807) is 12.4 Å². The zero-order chi connectivity index (χ0) is 15.9. The second-order valence-electron chi connectivity index (χ2n) is 5.07. The molecule has 22 heavy (non-hydrogen) atoms. The minimum Gasteiger partial charge on any atom is -0.492 e. The van der Waals surface area contributed by atoms with Crippen molar-refractivity contribution in [3.63, 3.8) is 0 Å². The topological polar surface area (TPSA) is 54.5 Å². The van der Waals surface area contributed by atoms with Gasteiger partial charge in [-0.2, -0.15) is 0 Å². The zero-order valence-electron chi connectivity index (χ0n) is 13.1. The molecule has 1 aromatic heterocycles. The SMILES string of the molecule is CCOc1ccccc1NC(=O)C(c1cccnc1)N(C)C. The summed E-state index contributed by atoms with van der Waals surface area (Å²) in [4.78, 5) is 18.6. The average molecular weight is 299 g/mol.